The number of nitrogens with zero attached hydrogens (tertiary/aromatic N) is 4. The number of allylic oxidation sites excluding steroid dienone is 1. The van der Waals surface area contributed by atoms with Gasteiger partial charge in [-0.05, 0) is 13.8 Å². The van der Waals surface area contributed by atoms with Crippen LogP contribution in [0.4, 0.5) is 0 Å². The minimum atomic E-state index is 0.134. The van der Waals surface area contributed by atoms with Crippen LogP contribution >= 0.6 is 0 Å². The van der Waals surface area contributed by atoms with E-state index in [0.717, 1.165) is 24.6 Å². The highest BCUT2D eigenvalue weighted by molar-refractivity contribution is 5.15. The predicted molar refractivity (Wildman–Crippen MR) is 68.8 cm³/mol. The summed E-state index contributed by atoms with van der Waals surface area (Å²) in [5.41, 5.74) is 2.22. The summed E-state index contributed by atoms with van der Waals surface area (Å²) >= 11 is 0. The normalized spacial score (nSPS) is 12.6. The van der Waals surface area contributed by atoms with Crippen LogP contribution in [0.2, 0.25) is 0 Å². The van der Waals surface area contributed by atoms with Gasteiger partial charge in [-0.25, -0.2) is 4.98 Å². The maximum absolute atomic E-state index is 4.41. The van der Waals surface area contributed by atoms with Crippen LogP contribution in [0.3, 0.4) is 0 Å². The minimum Gasteiger partial charge on any atom is -0.303 e. The summed E-state index contributed by atoms with van der Waals surface area (Å²) in [6.07, 6.45) is 5.39. The molecule has 0 amide bonds. The Labute approximate surface area is 106 Å². The molecule has 2 aromatic heterocycles. The number of rotatable bonds is 6. The van der Waals surface area contributed by atoms with Crippen molar-refractivity contribution >= 4 is 0 Å². The third kappa shape index (κ3) is 2.84. The highest BCUT2D eigenvalue weighted by Crippen LogP contribution is 2.09. The molecule has 0 radical (unpaired) electrons. The van der Waals surface area contributed by atoms with Crippen LogP contribution in [0, 0.1) is 6.92 Å². The SMILES string of the molecule is C=CCn1cc(CNC(C)c2ncn[nH]2)c(C)n1. The lowest BCUT2D eigenvalue weighted by Gasteiger charge is -2.09. The minimum absolute atomic E-state index is 0.134. The van der Waals surface area contributed by atoms with Gasteiger partial charge in [-0.3, -0.25) is 9.78 Å². The van der Waals surface area contributed by atoms with Gasteiger partial charge < -0.3 is 5.32 Å². The first-order valence-corrected chi connectivity index (χ1v) is 5.93. The standard InChI is InChI=1S/C12H18N6/c1-4-5-18-7-11(9(2)17-18)6-13-10(3)12-14-8-15-16-12/h4,7-8,10,13H,1,5-6H2,2-3H3,(H,14,15,16). The number of hydrogen-bond donors (Lipinski definition) is 2. The van der Waals surface area contributed by atoms with E-state index in [2.05, 4.69) is 32.2 Å². The number of aromatic amines is 1. The first-order chi connectivity index (χ1) is 8.70. The average molecular weight is 246 g/mol. The van der Waals surface area contributed by atoms with Crippen molar-refractivity contribution in [3.63, 3.8) is 0 Å². The van der Waals surface area contributed by atoms with Crippen molar-refractivity contribution in [2.24, 2.45) is 0 Å². The first-order valence-electron chi connectivity index (χ1n) is 5.93. The second-order valence-corrected chi connectivity index (χ2v) is 4.22. The topological polar surface area (TPSA) is 71.4 Å². The van der Waals surface area contributed by atoms with Crippen LogP contribution in [-0.4, -0.2) is 25.0 Å². The van der Waals surface area contributed by atoms with Gasteiger partial charge in [0.1, 0.15) is 12.2 Å². The number of H-pyrrole nitrogens is 1. The molecular formula is C12H18N6. The van der Waals surface area contributed by atoms with Crippen LogP contribution in [-0.2, 0) is 13.1 Å². The molecular weight excluding hydrogens is 228 g/mol. The second kappa shape index (κ2) is 5.59. The molecule has 0 bridgehead atoms. The molecule has 0 aliphatic heterocycles. The summed E-state index contributed by atoms with van der Waals surface area (Å²) in [5, 5.41) is 14.5. The van der Waals surface area contributed by atoms with E-state index in [1.165, 1.54) is 11.9 Å². The van der Waals surface area contributed by atoms with Crippen LogP contribution < -0.4 is 5.32 Å². The lowest BCUT2D eigenvalue weighted by atomic mass is 10.2. The van der Waals surface area contributed by atoms with Crippen LogP contribution in [0.1, 0.15) is 30.0 Å². The maximum atomic E-state index is 4.41. The number of nitrogens with one attached hydrogen (secondary N) is 2. The van der Waals surface area contributed by atoms with E-state index in [0.29, 0.717) is 0 Å². The third-order valence-electron chi connectivity index (χ3n) is 2.81. The van der Waals surface area contributed by atoms with Crippen LogP contribution in [0.5, 0.6) is 0 Å². The summed E-state index contributed by atoms with van der Waals surface area (Å²) in [7, 11) is 0. The Hall–Kier alpha value is -1.95. The molecule has 2 rings (SSSR count). The van der Waals surface area contributed by atoms with Crippen molar-refractivity contribution < 1.29 is 0 Å². The monoisotopic (exact) mass is 246 g/mol. The van der Waals surface area contributed by atoms with E-state index in [1.54, 1.807) is 0 Å². The highest BCUT2D eigenvalue weighted by Gasteiger charge is 2.09. The summed E-state index contributed by atoms with van der Waals surface area (Å²) in [4.78, 5) is 4.12. The number of aryl methyl sites for hydroxylation is 1. The fraction of sp³-hybridized carbons (Fsp3) is 0.417. The third-order valence-corrected chi connectivity index (χ3v) is 2.81. The Bertz CT molecular complexity index is 499. The number of hydrogen-bond acceptors (Lipinski definition) is 4. The fourth-order valence-electron chi connectivity index (χ4n) is 1.74. The molecule has 2 heterocycles. The van der Waals surface area contributed by atoms with Crippen molar-refractivity contribution in [3.8, 4) is 0 Å². The molecule has 0 aliphatic carbocycles. The van der Waals surface area contributed by atoms with Gasteiger partial charge in [-0.2, -0.15) is 10.2 Å². The van der Waals surface area contributed by atoms with Gasteiger partial charge in [0.15, 0.2) is 0 Å². The van der Waals surface area contributed by atoms with Gasteiger partial charge in [0.05, 0.1) is 18.3 Å². The van der Waals surface area contributed by atoms with Gasteiger partial charge >= 0.3 is 0 Å². The van der Waals surface area contributed by atoms with Crippen molar-refractivity contribution in [1.82, 2.24) is 30.3 Å². The molecule has 96 valence electrons. The lowest BCUT2D eigenvalue weighted by Crippen LogP contribution is -2.19. The Kier molecular flexibility index (Phi) is 3.88. The van der Waals surface area contributed by atoms with Gasteiger partial charge in [0.25, 0.3) is 0 Å². The maximum Gasteiger partial charge on any atom is 0.141 e. The summed E-state index contributed by atoms with van der Waals surface area (Å²) in [5.74, 6) is 0.839. The molecule has 18 heavy (non-hydrogen) atoms. The molecule has 6 nitrogen and oxygen atoms in total. The molecule has 0 spiro atoms. The average Bonchev–Trinajstić information content (AvgIpc) is 2.97. The molecule has 0 saturated heterocycles. The molecule has 1 atom stereocenters. The molecule has 0 aliphatic rings. The van der Waals surface area contributed by atoms with Gasteiger partial charge in [-0.1, -0.05) is 6.08 Å². The lowest BCUT2D eigenvalue weighted by molar-refractivity contribution is 0.547. The van der Waals surface area contributed by atoms with Gasteiger partial charge in [-0.15, -0.1) is 6.58 Å². The van der Waals surface area contributed by atoms with Gasteiger partial charge in [0, 0.05) is 18.3 Å². The van der Waals surface area contributed by atoms with Crippen molar-refractivity contribution in [2.45, 2.75) is 33.0 Å². The summed E-state index contributed by atoms with van der Waals surface area (Å²) in [6.45, 7) is 9.25. The van der Waals surface area contributed by atoms with E-state index in [9.17, 15) is 0 Å². The zero-order chi connectivity index (χ0) is 13.0. The Morgan fingerprint density at radius 1 is 1.61 bits per heavy atom. The summed E-state index contributed by atoms with van der Waals surface area (Å²) < 4.78 is 1.89. The van der Waals surface area contributed by atoms with E-state index < -0.39 is 0 Å². The zero-order valence-corrected chi connectivity index (χ0v) is 10.7. The smallest absolute Gasteiger partial charge is 0.141 e. The molecule has 0 aromatic carbocycles. The first kappa shape index (κ1) is 12.5. The number of aromatic nitrogens is 5. The van der Waals surface area contributed by atoms with E-state index in [1.807, 2.05) is 30.8 Å². The molecule has 0 fully saturated rings. The fourth-order valence-corrected chi connectivity index (χ4v) is 1.74. The molecule has 0 saturated carbocycles. The Balaban J connectivity index is 1.95. The van der Waals surface area contributed by atoms with Crippen LogP contribution in [0.25, 0.3) is 0 Å². The van der Waals surface area contributed by atoms with Crippen molar-refractivity contribution in [2.75, 3.05) is 0 Å². The van der Waals surface area contributed by atoms with E-state index in [-0.39, 0.29) is 6.04 Å². The Morgan fingerprint density at radius 2 is 2.44 bits per heavy atom. The Morgan fingerprint density at radius 3 is 3.11 bits per heavy atom. The molecule has 1 unspecified atom stereocenters. The van der Waals surface area contributed by atoms with E-state index in [4.69, 9.17) is 0 Å². The van der Waals surface area contributed by atoms with Crippen molar-refractivity contribution in [1.29, 1.82) is 0 Å². The largest absolute Gasteiger partial charge is 0.303 e. The van der Waals surface area contributed by atoms with E-state index >= 15 is 0 Å². The highest BCUT2D eigenvalue weighted by atomic mass is 15.3. The van der Waals surface area contributed by atoms with Crippen molar-refractivity contribution in [3.05, 3.63) is 42.3 Å². The summed E-state index contributed by atoms with van der Waals surface area (Å²) in [6, 6.07) is 0.134. The molecule has 6 heteroatoms. The molecule has 2 N–H and O–H groups in total. The van der Waals surface area contributed by atoms with Gasteiger partial charge in [0.2, 0.25) is 0 Å². The quantitative estimate of drug-likeness (QED) is 0.755. The second-order valence-electron chi connectivity index (χ2n) is 4.22. The molecule has 2 aromatic rings. The van der Waals surface area contributed by atoms with Crippen LogP contribution in [0.15, 0.2) is 25.2 Å². The zero-order valence-electron chi connectivity index (χ0n) is 10.7. The predicted octanol–water partition coefficient (Wildman–Crippen LogP) is 1.35.